The van der Waals surface area contributed by atoms with E-state index in [1.165, 1.54) is 11.3 Å². The molecule has 0 radical (unpaired) electrons. The Hall–Kier alpha value is -2.38. The Morgan fingerprint density at radius 3 is 2.67 bits per heavy atom. The number of aryl methyl sites for hydroxylation is 1. The summed E-state index contributed by atoms with van der Waals surface area (Å²) in [5.74, 6) is 0.295. The highest BCUT2D eigenvalue weighted by atomic mass is 32.1. The fraction of sp³-hybridized carbons (Fsp3) is 0.400. The van der Waals surface area contributed by atoms with Gasteiger partial charge < -0.3 is 14.8 Å². The number of para-hydroxylation sites is 1. The van der Waals surface area contributed by atoms with Crippen LogP contribution >= 0.6 is 11.3 Å². The third-order valence-corrected chi connectivity index (χ3v) is 5.42. The zero-order valence-electron chi connectivity index (χ0n) is 16.4. The van der Waals surface area contributed by atoms with Gasteiger partial charge in [0.25, 0.3) is 0 Å². The number of esters is 1. The number of methoxy groups -OCH3 is 1. The lowest BCUT2D eigenvalue weighted by Crippen LogP contribution is -2.32. The molecule has 0 saturated heterocycles. The monoisotopic (exact) mass is 390 g/mol. The zero-order chi connectivity index (χ0) is 20.0. The predicted octanol–water partition coefficient (Wildman–Crippen LogP) is 3.87. The Morgan fingerprint density at radius 2 is 2.00 bits per heavy atom. The molecular weight excluding hydrogens is 364 g/mol. The van der Waals surface area contributed by atoms with E-state index >= 15 is 0 Å². The molecule has 7 heteroatoms. The lowest BCUT2D eigenvalue weighted by Gasteiger charge is -2.25. The second-order valence-electron chi connectivity index (χ2n) is 6.22. The summed E-state index contributed by atoms with van der Waals surface area (Å²) in [6.45, 7) is 6.16. The second-order valence-corrected chi connectivity index (χ2v) is 7.28. The number of thiophene rings is 1. The van der Waals surface area contributed by atoms with Gasteiger partial charge in [0.1, 0.15) is 10.6 Å². The van der Waals surface area contributed by atoms with Crippen molar-refractivity contribution in [2.75, 3.05) is 32.6 Å². The smallest absolute Gasteiger partial charge is 0.348 e. The molecule has 0 aliphatic rings. The van der Waals surface area contributed by atoms with Crippen molar-refractivity contribution in [2.45, 2.75) is 26.8 Å². The first-order valence-corrected chi connectivity index (χ1v) is 9.59. The summed E-state index contributed by atoms with van der Waals surface area (Å²) in [5.41, 5.74) is 1.82. The van der Waals surface area contributed by atoms with Gasteiger partial charge in [0.15, 0.2) is 0 Å². The summed E-state index contributed by atoms with van der Waals surface area (Å²) in [4.78, 5) is 26.8. The number of carbonyl (C=O) groups excluding carboxylic acids is 2. The van der Waals surface area contributed by atoms with Crippen molar-refractivity contribution >= 4 is 28.2 Å². The lowest BCUT2D eigenvalue weighted by atomic mass is 10.1. The van der Waals surface area contributed by atoms with Crippen LogP contribution in [0.4, 0.5) is 5.00 Å². The van der Waals surface area contributed by atoms with E-state index in [0.29, 0.717) is 16.5 Å². The van der Waals surface area contributed by atoms with Crippen molar-refractivity contribution in [3.8, 4) is 5.75 Å². The lowest BCUT2D eigenvalue weighted by molar-refractivity contribution is -0.117. The van der Waals surface area contributed by atoms with Crippen LogP contribution in [-0.4, -0.2) is 44.1 Å². The molecule has 2 aromatic rings. The number of benzene rings is 1. The number of carbonyl (C=O) groups is 2. The van der Waals surface area contributed by atoms with Crippen LogP contribution in [0.5, 0.6) is 5.75 Å². The molecule has 1 aromatic heterocycles. The molecule has 1 N–H and O–H groups in total. The number of hydrogen-bond donors (Lipinski definition) is 1. The molecule has 0 spiro atoms. The number of rotatable bonds is 8. The minimum absolute atomic E-state index is 0.00654. The Labute approximate surface area is 164 Å². The molecule has 1 aromatic carbocycles. The summed E-state index contributed by atoms with van der Waals surface area (Å²) in [6.07, 6.45) is 0. The van der Waals surface area contributed by atoms with E-state index in [4.69, 9.17) is 9.47 Å². The van der Waals surface area contributed by atoms with Crippen LogP contribution in [0, 0.1) is 6.92 Å². The molecule has 0 fully saturated rings. The van der Waals surface area contributed by atoms with E-state index in [-0.39, 0.29) is 24.5 Å². The first kappa shape index (κ1) is 20.9. The summed E-state index contributed by atoms with van der Waals surface area (Å²) in [6, 6.07) is 9.57. The van der Waals surface area contributed by atoms with E-state index in [1.807, 2.05) is 50.1 Å². The number of amides is 1. The summed E-state index contributed by atoms with van der Waals surface area (Å²) in [5, 5.41) is 3.50. The summed E-state index contributed by atoms with van der Waals surface area (Å²) >= 11 is 1.23. The normalized spacial score (nSPS) is 11.9. The maximum absolute atomic E-state index is 12.4. The summed E-state index contributed by atoms with van der Waals surface area (Å²) < 4.78 is 10.4. The quantitative estimate of drug-likeness (QED) is 0.693. The van der Waals surface area contributed by atoms with Crippen molar-refractivity contribution in [1.82, 2.24) is 4.90 Å². The van der Waals surface area contributed by atoms with E-state index in [2.05, 4.69) is 5.32 Å². The van der Waals surface area contributed by atoms with Crippen molar-refractivity contribution in [3.63, 3.8) is 0 Å². The number of likely N-dealkylation sites (N-methyl/N-ethyl adjacent to an activating group) is 1. The van der Waals surface area contributed by atoms with Gasteiger partial charge in [-0.15, -0.1) is 11.3 Å². The highest BCUT2D eigenvalue weighted by Crippen LogP contribution is 2.29. The molecule has 27 heavy (non-hydrogen) atoms. The fourth-order valence-corrected chi connectivity index (χ4v) is 3.72. The zero-order valence-corrected chi connectivity index (χ0v) is 17.2. The molecule has 0 bridgehead atoms. The molecule has 146 valence electrons. The molecule has 0 aliphatic heterocycles. The van der Waals surface area contributed by atoms with Gasteiger partial charge in [0.2, 0.25) is 5.91 Å². The van der Waals surface area contributed by atoms with Crippen molar-refractivity contribution in [1.29, 1.82) is 0 Å². The Kier molecular flexibility index (Phi) is 7.38. The van der Waals surface area contributed by atoms with Crippen molar-refractivity contribution < 1.29 is 19.1 Å². The largest absolute Gasteiger partial charge is 0.496 e. The van der Waals surface area contributed by atoms with E-state index in [1.54, 1.807) is 20.1 Å². The third-order valence-electron chi connectivity index (χ3n) is 4.28. The number of hydrogen-bond acceptors (Lipinski definition) is 6. The average molecular weight is 391 g/mol. The molecular formula is C20H26N2O4S. The summed E-state index contributed by atoms with van der Waals surface area (Å²) in [7, 11) is 3.53. The van der Waals surface area contributed by atoms with Gasteiger partial charge in [0, 0.05) is 11.6 Å². The number of nitrogens with one attached hydrogen (secondary N) is 1. The minimum Gasteiger partial charge on any atom is -0.496 e. The van der Waals surface area contributed by atoms with Gasteiger partial charge in [-0.2, -0.15) is 0 Å². The average Bonchev–Trinajstić information content (AvgIpc) is 3.01. The van der Waals surface area contributed by atoms with Crippen LogP contribution in [0.3, 0.4) is 0 Å². The van der Waals surface area contributed by atoms with Crippen molar-refractivity contribution in [2.24, 2.45) is 0 Å². The van der Waals surface area contributed by atoms with E-state index in [0.717, 1.165) is 16.9 Å². The number of nitrogens with zero attached hydrogens (tertiary/aromatic N) is 1. The molecule has 1 amide bonds. The standard InChI is InChI=1S/C20H26N2O4S/c1-6-26-20(24)19-13(2)11-18(27-19)21-17(23)12-22(4)14(3)15-9-7-8-10-16(15)25-5/h7-11,14H,6,12H2,1-5H3,(H,21,23). The van der Waals surface area contributed by atoms with Gasteiger partial charge >= 0.3 is 5.97 Å². The Bertz CT molecular complexity index is 803. The third kappa shape index (κ3) is 5.30. The maximum atomic E-state index is 12.4. The van der Waals surface area contributed by atoms with Gasteiger partial charge in [-0.25, -0.2) is 4.79 Å². The molecule has 1 unspecified atom stereocenters. The van der Waals surface area contributed by atoms with Crippen LogP contribution in [0.15, 0.2) is 30.3 Å². The fourth-order valence-electron chi connectivity index (χ4n) is 2.73. The maximum Gasteiger partial charge on any atom is 0.348 e. The van der Waals surface area contributed by atoms with Gasteiger partial charge in [-0.05, 0) is 45.5 Å². The van der Waals surface area contributed by atoms with Gasteiger partial charge in [0.05, 0.1) is 25.3 Å². The van der Waals surface area contributed by atoms with Gasteiger partial charge in [-0.3, -0.25) is 9.69 Å². The van der Waals surface area contributed by atoms with Crippen LogP contribution in [0.1, 0.15) is 40.7 Å². The Morgan fingerprint density at radius 1 is 1.30 bits per heavy atom. The highest BCUT2D eigenvalue weighted by Gasteiger charge is 2.20. The van der Waals surface area contributed by atoms with E-state index < -0.39 is 0 Å². The number of anilines is 1. The predicted molar refractivity (Wildman–Crippen MR) is 108 cm³/mol. The highest BCUT2D eigenvalue weighted by molar-refractivity contribution is 7.18. The molecule has 1 atom stereocenters. The Balaban J connectivity index is 2.01. The SMILES string of the molecule is CCOC(=O)c1sc(NC(=O)CN(C)C(C)c2ccccc2OC)cc1C. The topological polar surface area (TPSA) is 67.9 Å². The first-order valence-electron chi connectivity index (χ1n) is 8.77. The number of ether oxygens (including phenoxy) is 2. The molecule has 0 saturated carbocycles. The molecule has 2 rings (SSSR count). The molecule has 1 heterocycles. The van der Waals surface area contributed by atoms with E-state index in [9.17, 15) is 9.59 Å². The van der Waals surface area contributed by atoms with Crippen LogP contribution in [-0.2, 0) is 9.53 Å². The van der Waals surface area contributed by atoms with Crippen molar-refractivity contribution in [3.05, 3.63) is 46.3 Å². The van der Waals surface area contributed by atoms with Crippen LogP contribution in [0.2, 0.25) is 0 Å². The first-order chi connectivity index (χ1) is 12.9. The second kappa shape index (κ2) is 9.53. The minimum atomic E-state index is -0.359. The van der Waals surface area contributed by atoms with Gasteiger partial charge in [-0.1, -0.05) is 18.2 Å². The molecule has 6 nitrogen and oxygen atoms in total. The molecule has 0 aliphatic carbocycles. The van der Waals surface area contributed by atoms with Crippen LogP contribution < -0.4 is 10.1 Å². The van der Waals surface area contributed by atoms with Crippen LogP contribution in [0.25, 0.3) is 0 Å².